The number of hydrogen-bond donors (Lipinski definition) is 4. The summed E-state index contributed by atoms with van der Waals surface area (Å²) >= 11 is 0. The lowest BCUT2D eigenvalue weighted by Gasteiger charge is -2.30. The van der Waals surface area contributed by atoms with Gasteiger partial charge in [0, 0.05) is 26.1 Å². The van der Waals surface area contributed by atoms with Gasteiger partial charge in [-0.15, -0.1) is 0 Å². The van der Waals surface area contributed by atoms with Crippen LogP contribution in [-0.4, -0.2) is 84.6 Å². The number of aromatic nitrogens is 4. The number of imidazole rings is 1. The van der Waals surface area contributed by atoms with E-state index in [0.717, 1.165) is 18.4 Å². The van der Waals surface area contributed by atoms with Gasteiger partial charge in [0.1, 0.15) is 24.3 Å². The molecule has 0 radical (unpaired) electrons. The van der Waals surface area contributed by atoms with Crippen molar-refractivity contribution in [3.05, 3.63) is 48.0 Å². The van der Waals surface area contributed by atoms with Crippen molar-refractivity contribution >= 4 is 29.0 Å². The molecule has 0 aliphatic carbocycles. The fraction of sp³-hybridized carbons (Fsp3) is 0.464. The summed E-state index contributed by atoms with van der Waals surface area (Å²) in [7, 11) is 0. The standard InChI is InChI=1S/C28H33N7O6/c1-2-30-26(38)23-21(36)22(37)27(41-23)35-16-31-20-24(29)32-19(33-25(20)35)10-6-9-17-11-13-34(14-12-17)28(39)40-15-18-7-4-3-5-8-18/h3-5,7-8,16-17,21-23,27,36-37H,2,9,11-15H2,1H3,(H,30,38)(H2,29,32,33)/t21-,22+,23?,27?/m1/s1. The van der Waals surface area contributed by atoms with Crippen LogP contribution in [0.4, 0.5) is 10.6 Å². The maximum absolute atomic E-state index is 12.4. The third-order valence-corrected chi connectivity index (χ3v) is 7.24. The molecule has 2 aliphatic rings. The lowest BCUT2D eigenvalue weighted by molar-refractivity contribution is -0.137. The molecule has 216 valence electrons. The van der Waals surface area contributed by atoms with Crippen LogP contribution in [0.25, 0.3) is 11.2 Å². The Bertz CT molecular complexity index is 1440. The Hall–Kier alpha value is -4.25. The zero-order valence-corrected chi connectivity index (χ0v) is 22.6. The number of fused-ring (bicyclic) bond motifs is 1. The number of nitrogens with one attached hydrogen (secondary N) is 1. The molecule has 41 heavy (non-hydrogen) atoms. The van der Waals surface area contributed by atoms with E-state index in [-0.39, 0.29) is 35.5 Å². The molecule has 2 fully saturated rings. The van der Waals surface area contributed by atoms with Crippen LogP contribution in [-0.2, 0) is 20.9 Å². The Kier molecular flexibility index (Phi) is 8.63. The van der Waals surface area contributed by atoms with Crippen LogP contribution in [0.3, 0.4) is 0 Å². The van der Waals surface area contributed by atoms with Crippen molar-refractivity contribution in [3.63, 3.8) is 0 Å². The predicted octanol–water partition coefficient (Wildman–Crippen LogP) is 0.954. The zero-order chi connectivity index (χ0) is 28.9. The normalized spacial score (nSPS) is 22.8. The lowest BCUT2D eigenvalue weighted by atomic mass is 9.94. The molecule has 13 nitrogen and oxygen atoms in total. The van der Waals surface area contributed by atoms with Crippen LogP contribution in [0.15, 0.2) is 36.7 Å². The number of likely N-dealkylation sites (tertiary alicyclic amines) is 1. The lowest BCUT2D eigenvalue weighted by Crippen LogP contribution is -2.42. The number of aliphatic hydroxyl groups excluding tert-OH is 2. The molecule has 1 aromatic carbocycles. The number of carbonyl (C=O) groups excluding carboxylic acids is 2. The molecule has 0 spiro atoms. The monoisotopic (exact) mass is 563 g/mol. The van der Waals surface area contributed by atoms with Gasteiger partial charge < -0.3 is 35.6 Å². The number of nitrogens with two attached hydrogens (primary N) is 1. The van der Waals surface area contributed by atoms with E-state index in [1.807, 2.05) is 30.3 Å². The van der Waals surface area contributed by atoms with Crippen LogP contribution < -0.4 is 11.1 Å². The molecule has 3 aromatic rings. The second-order valence-corrected chi connectivity index (χ2v) is 10.1. The van der Waals surface area contributed by atoms with Crippen molar-refractivity contribution in [2.45, 2.75) is 57.3 Å². The Morgan fingerprint density at radius 2 is 1.93 bits per heavy atom. The Labute approximate surface area is 236 Å². The Balaban J connectivity index is 1.19. The number of piperidine rings is 1. The third-order valence-electron chi connectivity index (χ3n) is 7.24. The summed E-state index contributed by atoms with van der Waals surface area (Å²) in [6, 6.07) is 9.57. The number of likely N-dealkylation sites (N-methyl/N-ethyl adjacent to an activating group) is 1. The topological polar surface area (TPSA) is 178 Å². The number of aliphatic hydroxyl groups is 2. The van der Waals surface area contributed by atoms with Crippen molar-refractivity contribution in [1.29, 1.82) is 0 Å². The van der Waals surface area contributed by atoms with Crippen molar-refractivity contribution in [3.8, 4) is 11.8 Å². The molecular formula is C28H33N7O6. The maximum atomic E-state index is 12.4. The molecule has 13 heteroatoms. The van der Waals surface area contributed by atoms with E-state index in [1.54, 1.807) is 11.8 Å². The summed E-state index contributed by atoms with van der Waals surface area (Å²) in [6.45, 7) is 3.54. The number of amides is 2. The van der Waals surface area contributed by atoms with E-state index in [1.165, 1.54) is 10.9 Å². The number of nitrogen functional groups attached to an aromatic ring is 1. The molecule has 2 aromatic heterocycles. The number of anilines is 1. The molecule has 2 amide bonds. The molecule has 4 heterocycles. The molecular weight excluding hydrogens is 530 g/mol. The van der Waals surface area contributed by atoms with E-state index in [4.69, 9.17) is 15.2 Å². The van der Waals surface area contributed by atoms with E-state index >= 15 is 0 Å². The Morgan fingerprint density at radius 3 is 2.66 bits per heavy atom. The largest absolute Gasteiger partial charge is 0.445 e. The van der Waals surface area contributed by atoms with E-state index in [0.29, 0.717) is 32.0 Å². The highest BCUT2D eigenvalue weighted by molar-refractivity contribution is 5.83. The van der Waals surface area contributed by atoms with Gasteiger partial charge in [0.2, 0.25) is 5.82 Å². The molecule has 5 N–H and O–H groups in total. The van der Waals surface area contributed by atoms with Crippen LogP contribution in [0.5, 0.6) is 0 Å². The van der Waals surface area contributed by atoms with E-state index in [9.17, 15) is 19.8 Å². The third kappa shape index (κ3) is 6.25. The Morgan fingerprint density at radius 1 is 1.17 bits per heavy atom. The number of hydrogen-bond acceptors (Lipinski definition) is 10. The van der Waals surface area contributed by atoms with Crippen LogP contribution >= 0.6 is 0 Å². The van der Waals surface area contributed by atoms with Gasteiger partial charge >= 0.3 is 6.09 Å². The second kappa shape index (κ2) is 12.5. The predicted molar refractivity (Wildman–Crippen MR) is 147 cm³/mol. The first kappa shape index (κ1) is 28.3. The van der Waals surface area contributed by atoms with Crippen molar-refractivity contribution in [2.75, 3.05) is 25.4 Å². The molecule has 0 saturated carbocycles. The number of benzene rings is 1. The fourth-order valence-electron chi connectivity index (χ4n) is 4.97. The molecule has 4 atom stereocenters. The minimum Gasteiger partial charge on any atom is -0.445 e. The molecule has 2 aliphatic heterocycles. The van der Waals surface area contributed by atoms with Crippen molar-refractivity contribution < 1.29 is 29.3 Å². The summed E-state index contributed by atoms with van der Waals surface area (Å²) in [5.74, 6) is 6.13. The van der Waals surface area contributed by atoms with Gasteiger partial charge in [-0.2, -0.15) is 0 Å². The first-order valence-electron chi connectivity index (χ1n) is 13.6. The van der Waals surface area contributed by atoms with Gasteiger partial charge in [0.05, 0.1) is 6.33 Å². The highest BCUT2D eigenvalue weighted by Crippen LogP contribution is 2.32. The van der Waals surface area contributed by atoms with Gasteiger partial charge in [0.15, 0.2) is 23.8 Å². The van der Waals surface area contributed by atoms with Crippen LogP contribution in [0.1, 0.15) is 43.8 Å². The zero-order valence-electron chi connectivity index (χ0n) is 22.6. The maximum Gasteiger partial charge on any atom is 0.410 e. The average molecular weight is 564 g/mol. The van der Waals surface area contributed by atoms with Crippen molar-refractivity contribution in [2.24, 2.45) is 5.92 Å². The fourth-order valence-corrected chi connectivity index (χ4v) is 4.97. The molecule has 2 saturated heterocycles. The van der Waals surface area contributed by atoms with E-state index < -0.39 is 30.4 Å². The highest BCUT2D eigenvalue weighted by atomic mass is 16.6. The number of ether oxygens (including phenoxy) is 2. The first-order valence-corrected chi connectivity index (χ1v) is 13.6. The van der Waals surface area contributed by atoms with Crippen LogP contribution in [0.2, 0.25) is 0 Å². The minimum absolute atomic E-state index is 0.105. The minimum atomic E-state index is -1.43. The van der Waals surface area contributed by atoms with E-state index in [2.05, 4.69) is 32.1 Å². The molecule has 0 bridgehead atoms. The number of carbonyl (C=O) groups is 2. The summed E-state index contributed by atoms with van der Waals surface area (Å²) < 4.78 is 12.5. The average Bonchev–Trinajstić information content (AvgIpc) is 3.53. The van der Waals surface area contributed by atoms with Crippen LogP contribution in [0, 0.1) is 17.8 Å². The summed E-state index contributed by atoms with van der Waals surface area (Å²) in [5.41, 5.74) is 7.60. The molecule has 5 rings (SSSR count). The summed E-state index contributed by atoms with van der Waals surface area (Å²) in [5, 5.41) is 23.6. The molecule has 2 unspecified atom stereocenters. The smallest absolute Gasteiger partial charge is 0.410 e. The van der Waals surface area contributed by atoms with Crippen molar-refractivity contribution in [1.82, 2.24) is 29.7 Å². The van der Waals surface area contributed by atoms with Gasteiger partial charge in [-0.25, -0.2) is 19.7 Å². The van der Waals surface area contributed by atoms with Gasteiger partial charge in [-0.05, 0) is 37.2 Å². The van der Waals surface area contributed by atoms with Gasteiger partial charge in [-0.3, -0.25) is 9.36 Å². The first-order chi connectivity index (χ1) is 19.9. The quantitative estimate of drug-likeness (QED) is 0.316. The van der Waals surface area contributed by atoms with Gasteiger partial charge in [-0.1, -0.05) is 36.3 Å². The van der Waals surface area contributed by atoms with Gasteiger partial charge in [0.25, 0.3) is 5.91 Å². The number of rotatable bonds is 6. The number of nitrogens with zero attached hydrogens (tertiary/aromatic N) is 5. The summed E-state index contributed by atoms with van der Waals surface area (Å²) in [6.07, 6.45) is -1.93. The summed E-state index contributed by atoms with van der Waals surface area (Å²) in [4.78, 5) is 39.3. The SMILES string of the molecule is CCNC(=O)C1OC(n2cnc3c(N)nc(C#CCC4CCN(C(=O)OCc5ccccc5)CC4)nc32)[C@@H](O)[C@H]1O. The highest BCUT2D eigenvalue weighted by Gasteiger charge is 2.47. The second-order valence-electron chi connectivity index (χ2n) is 10.1.